The molecule has 0 atom stereocenters. The minimum atomic E-state index is 0.291. The van der Waals surface area contributed by atoms with Crippen LogP contribution in [0, 0.1) is 0 Å². The van der Waals surface area contributed by atoms with Crippen LogP contribution < -0.4 is 0 Å². The van der Waals surface area contributed by atoms with Crippen molar-refractivity contribution in [2.75, 3.05) is 19.6 Å². The van der Waals surface area contributed by atoms with Crippen molar-refractivity contribution in [3.8, 4) is 5.75 Å². The number of hydrogen-bond donors (Lipinski definition) is 1. The average molecular weight is 245 g/mol. The van der Waals surface area contributed by atoms with Crippen molar-refractivity contribution in [3.63, 3.8) is 0 Å². The Bertz CT molecular complexity index is 529. The van der Waals surface area contributed by atoms with E-state index in [4.69, 9.17) is 0 Å². The molecule has 4 heteroatoms. The van der Waals surface area contributed by atoms with Crippen LogP contribution in [0.15, 0.2) is 24.5 Å². The molecule has 0 aromatic carbocycles. The highest BCUT2D eigenvalue weighted by molar-refractivity contribution is 5.48. The quantitative estimate of drug-likeness (QED) is 0.900. The Morgan fingerprint density at radius 3 is 2.83 bits per heavy atom. The van der Waals surface area contributed by atoms with E-state index in [0.717, 1.165) is 24.3 Å². The summed E-state index contributed by atoms with van der Waals surface area (Å²) in [6, 6.07) is 3.60. The van der Waals surface area contributed by atoms with Crippen molar-refractivity contribution < 1.29 is 5.11 Å². The van der Waals surface area contributed by atoms with Crippen LogP contribution in [-0.4, -0.2) is 39.0 Å². The van der Waals surface area contributed by atoms with Gasteiger partial charge >= 0.3 is 0 Å². The Morgan fingerprint density at radius 1 is 1.17 bits per heavy atom. The topological polar surface area (TPSA) is 40.8 Å². The predicted octanol–water partition coefficient (Wildman–Crippen LogP) is 2.07. The van der Waals surface area contributed by atoms with Gasteiger partial charge in [0.15, 0.2) is 0 Å². The third-order valence-electron chi connectivity index (χ3n) is 3.69. The van der Waals surface area contributed by atoms with E-state index >= 15 is 0 Å². The zero-order valence-electron chi connectivity index (χ0n) is 10.5. The maximum Gasteiger partial charge on any atom is 0.132 e. The molecule has 1 aliphatic heterocycles. The third-order valence-corrected chi connectivity index (χ3v) is 3.69. The molecule has 3 heterocycles. The van der Waals surface area contributed by atoms with Crippen molar-refractivity contribution in [1.29, 1.82) is 0 Å². The summed E-state index contributed by atoms with van der Waals surface area (Å²) in [5.74, 6) is 1.33. The molecule has 0 amide bonds. The van der Waals surface area contributed by atoms with E-state index in [9.17, 15) is 5.11 Å². The second-order valence-corrected chi connectivity index (χ2v) is 5.01. The minimum Gasteiger partial charge on any atom is -0.506 e. The molecule has 1 saturated heterocycles. The molecule has 2 aromatic heterocycles. The van der Waals surface area contributed by atoms with E-state index in [1.54, 1.807) is 12.3 Å². The lowest BCUT2D eigenvalue weighted by molar-refractivity contribution is 0.230. The number of aromatic hydroxyl groups is 1. The van der Waals surface area contributed by atoms with Crippen LogP contribution in [0.2, 0.25) is 0 Å². The van der Waals surface area contributed by atoms with Gasteiger partial charge in [-0.15, -0.1) is 0 Å². The molecule has 0 spiro atoms. The Hall–Kier alpha value is -1.55. The van der Waals surface area contributed by atoms with Crippen LogP contribution in [0.25, 0.3) is 5.52 Å². The molecule has 1 N–H and O–H groups in total. The van der Waals surface area contributed by atoms with Gasteiger partial charge in [-0.1, -0.05) is 6.42 Å². The second kappa shape index (κ2) is 4.98. The Balaban J connectivity index is 1.72. The molecule has 0 saturated carbocycles. The summed E-state index contributed by atoms with van der Waals surface area (Å²) in [5.41, 5.74) is 1.04. The van der Waals surface area contributed by atoms with Crippen molar-refractivity contribution in [2.45, 2.75) is 25.7 Å². The van der Waals surface area contributed by atoms with Gasteiger partial charge in [0.1, 0.15) is 11.6 Å². The summed E-state index contributed by atoms with van der Waals surface area (Å²) < 4.78 is 1.99. The number of pyridine rings is 1. The van der Waals surface area contributed by atoms with E-state index < -0.39 is 0 Å². The lowest BCUT2D eigenvalue weighted by Crippen LogP contribution is -2.31. The molecule has 3 rings (SSSR count). The molecule has 2 aromatic rings. The first-order chi connectivity index (χ1) is 8.83. The Labute approximate surface area is 107 Å². The minimum absolute atomic E-state index is 0.291. The molecule has 0 radical (unpaired) electrons. The van der Waals surface area contributed by atoms with E-state index in [2.05, 4.69) is 9.88 Å². The van der Waals surface area contributed by atoms with Crippen LogP contribution >= 0.6 is 0 Å². The summed E-state index contributed by atoms with van der Waals surface area (Å²) in [5, 5.41) is 9.53. The fourth-order valence-electron chi connectivity index (χ4n) is 2.66. The summed E-state index contributed by atoms with van der Waals surface area (Å²) in [7, 11) is 0. The number of fused-ring (bicyclic) bond motifs is 1. The van der Waals surface area contributed by atoms with Crippen LogP contribution in [0.5, 0.6) is 5.75 Å². The average Bonchev–Trinajstić information content (AvgIpc) is 2.80. The van der Waals surface area contributed by atoms with E-state index in [0.29, 0.717) is 5.75 Å². The highest BCUT2D eigenvalue weighted by atomic mass is 16.3. The highest BCUT2D eigenvalue weighted by Gasteiger charge is 2.11. The van der Waals surface area contributed by atoms with Gasteiger partial charge in [0.05, 0.1) is 17.9 Å². The van der Waals surface area contributed by atoms with Gasteiger partial charge in [0.25, 0.3) is 0 Å². The number of hydrogen-bond acceptors (Lipinski definition) is 3. The molecule has 4 nitrogen and oxygen atoms in total. The molecule has 0 unspecified atom stereocenters. The number of imidazole rings is 1. The molecule has 18 heavy (non-hydrogen) atoms. The number of rotatable bonds is 3. The summed E-state index contributed by atoms with van der Waals surface area (Å²) in [6.07, 6.45) is 8.57. The monoisotopic (exact) mass is 245 g/mol. The first kappa shape index (κ1) is 11.5. The zero-order valence-corrected chi connectivity index (χ0v) is 10.5. The lowest BCUT2D eigenvalue weighted by atomic mass is 10.1. The van der Waals surface area contributed by atoms with Gasteiger partial charge in [-0.25, -0.2) is 4.98 Å². The first-order valence-corrected chi connectivity index (χ1v) is 6.70. The van der Waals surface area contributed by atoms with Gasteiger partial charge in [0, 0.05) is 13.0 Å². The fraction of sp³-hybridized carbons (Fsp3) is 0.500. The third kappa shape index (κ3) is 2.34. The predicted molar refractivity (Wildman–Crippen MR) is 70.9 cm³/mol. The van der Waals surface area contributed by atoms with E-state index in [1.807, 2.05) is 16.7 Å². The summed E-state index contributed by atoms with van der Waals surface area (Å²) in [4.78, 5) is 6.95. The van der Waals surface area contributed by atoms with Crippen molar-refractivity contribution in [3.05, 3.63) is 30.4 Å². The number of nitrogens with zero attached hydrogens (tertiary/aromatic N) is 3. The van der Waals surface area contributed by atoms with Crippen molar-refractivity contribution in [2.24, 2.45) is 0 Å². The van der Waals surface area contributed by atoms with Crippen LogP contribution in [0.3, 0.4) is 0 Å². The molecule has 0 aliphatic carbocycles. The maximum absolute atomic E-state index is 9.53. The maximum atomic E-state index is 9.53. The van der Waals surface area contributed by atoms with Crippen LogP contribution in [0.1, 0.15) is 25.1 Å². The molecule has 1 aliphatic rings. The second-order valence-electron chi connectivity index (χ2n) is 5.01. The van der Waals surface area contributed by atoms with E-state index in [-0.39, 0.29) is 0 Å². The van der Waals surface area contributed by atoms with Crippen molar-refractivity contribution >= 4 is 5.52 Å². The molecule has 96 valence electrons. The van der Waals surface area contributed by atoms with Crippen molar-refractivity contribution in [1.82, 2.24) is 14.3 Å². The van der Waals surface area contributed by atoms with Gasteiger partial charge in [-0.05, 0) is 38.1 Å². The number of piperidine rings is 1. The Kier molecular flexibility index (Phi) is 3.19. The molecule has 0 bridgehead atoms. The zero-order chi connectivity index (χ0) is 12.4. The van der Waals surface area contributed by atoms with Gasteiger partial charge in [-0.2, -0.15) is 0 Å². The molecule has 1 fully saturated rings. The van der Waals surface area contributed by atoms with Crippen LogP contribution in [0.4, 0.5) is 0 Å². The Morgan fingerprint density at radius 2 is 2.00 bits per heavy atom. The van der Waals surface area contributed by atoms with Gasteiger partial charge in [0.2, 0.25) is 0 Å². The lowest BCUT2D eigenvalue weighted by Gasteiger charge is -2.25. The smallest absolute Gasteiger partial charge is 0.132 e. The van der Waals surface area contributed by atoms with Gasteiger partial charge in [-0.3, -0.25) is 4.40 Å². The SMILES string of the molecule is Oc1ccc2cnc(CCN3CCCCC3)n2c1. The largest absolute Gasteiger partial charge is 0.506 e. The number of likely N-dealkylation sites (tertiary alicyclic amines) is 1. The fourth-order valence-corrected chi connectivity index (χ4v) is 2.66. The highest BCUT2D eigenvalue weighted by Crippen LogP contribution is 2.15. The van der Waals surface area contributed by atoms with Gasteiger partial charge < -0.3 is 10.0 Å². The standard InChI is InChI=1S/C14H19N3O/c18-13-5-4-12-10-15-14(17(12)11-13)6-9-16-7-2-1-3-8-16/h4-5,10-11,18H,1-3,6-9H2. The van der Waals surface area contributed by atoms with E-state index in [1.165, 1.54) is 32.4 Å². The molecular formula is C14H19N3O. The summed E-state index contributed by atoms with van der Waals surface area (Å²) >= 11 is 0. The molecular weight excluding hydrogens is 226 g/mol. The van der Waals surface area contributed by atoms with Crippen LogP contribution in [-0.2, 0) is 6.42 Å². The summed E-state index contributed by atoms with van der Waals surface area (Å²) in [6.45, 7) is 3.50. The normalized spacial score (nSPS) is 17.3. The number of aromatic nitrogens is 2. The first-order valence-electron chi connectivity index (χ1n) is 6.70.